The van der Waals surface area contributed by atoms with Crippen LogP contribution in [-0.2, 0) is 17.9 Å². The Bertz CT molecular complexity index is 676. The second kappa shape index (κ2) is 8.34. The molecule has 1 unspecified atom stereocenters. The van der Waals surface area contributed by atoms with Gasteiger partial charge in [0.1, 0.15) is 0 Å². The maximum absolute atomic E-state index is 12.3. The van der Waals surface area contributed by atoms with Crippen molar-refractivity contribution in [3.8, 4) is 0 Å². The summed E-state index contributed by atoms with van der Waals surface area (Å²) in [7, 11) is 1.92. The van der Waals surface area contributed by atoms with Crippen molar-refractivity contribution in [2.45, 2.75) is 26.1 Å². The van der Waals surface area contributed by atoms with Crippen molar-refractivity contribution in [2.75, 3.05) is 7.05 Å². The molecule has 5 heteroatoms. The zero-order valence-corrected chi connectivity index (χ0v) is 14.7. The number of likely N-dealkylation sites (N-methyl/N-ethyl adjacent to an activating group) is 1. The van der Waals surface area contributed by atoms with Gasteiger partial charge in [-0.2, -0.15) is 0 Å². The van der Waals surface area contributed by atoms with Crippen LogP contribution in [0.25, 0.3) is 0 Å². The Labute approximate surface area is 147 Å². The molecule has 2 aromatic carbocycles. The van der Waals surface area contributed by atoms with Gasteiger partial charge >= 0.3 is 0 Å². The van der Waals surface area contributed by atoms with Crippen LogP contribution in [0.1, 0.15) is 18.1 Å². The van der Waals surface area contributed by atoms with Crippen LogP contribution in [0.4, 0.5) is 0 Å². The highest BCUT2D eigenvalue weighted by Crippen LogP contribution is 2.15. The Morgan fingerprint density at radius 1 is 1.17 bits per heavy atom. The number of hydrogen-bond acceptors (Lipinski definition) is 2. The van der Waals surface area contributed by atoms with E-state index in [2.05, 4.69) is 5.32 Å². The number of hydrogen-bond donors (Lipinski definition) is 1. The van der Waals surface area contributed by atoms with Crippen molar-refractivity contribution in [1.29, 1.82) is 0 Å². The number of carbonyl (C=O) groups is 1. The van der Waals surface area contributed by atoms with Crippen LogP contribution >= 0.6 is 23.2 Å². The summed E-state index contributed by atoms with van der Waals surface area (Å²) in [5, 5.41) is 4.29. The van der Waals surface area contributed by atoms with Gasteiger partial charge < -0.3 is 5.32 Å². The van der Waals surface area contributed by atoms with Crippen LogP contribution in [0.5, 0.6) is 0 Å². The normalized spacial score (nSPS) is 12.2. The van der Waals surface area contributed by atoms with Crippen molar-refractivity contribution in [2.24, 2.45) is 0 Å². The summed E-state index contributed by atoms with van der Waals surface area (Å²) in [6, 6.07) is 14.9. The second-order valence-electron chi connectivity index (χ2n) is 5.53. The van der Waals surface area contributed by atoms with E-state index < -0.39 is 0 Å². The highest BCUT2D eigenvalue weighted by molar-refractivity contribution is 6.31. The molecule has 2 aromatic rings. The van der Waals surface area contributed by atoms with Gasteiger partial charge in [-0.3, -0.25) is 9.69 Å². The summed E-state index contributed by atoms with van der Waals surface area (Å²) in [6.45, 7) is 2.96. The third-order valence-corrected chi connectivity index (χ3v) is 4.38. The molecule has 23 heavy (non-hydrogen) atoms. The van der Waals surface area contributed by atoms with Crippen molar-refractivity contribution in [3.05, 3.63) is 69.7 Å². The largest absolute Gasteiger partial charge is 0.351 e. The lowest BCUT2D eigenvalue weighted by Gasteiger charge is -2.24. The fraction of sp³-hybridized carbons (Fsp3) is 0.278. The van der Waals surface area contributed by atoms with E-state index in [1.807, 2.05) is 67.4 Å². The van der Waals surface area contributed by atoms with Gasteiger partial charge in [-0.15, -0.1) is 0 Å². The first-order valence-electron chi connectivity index (χ1n) is 7.43. The molecule has 0 bridgehead atoms. The Morgan fingerprint density at radius 2 is 1.91 bits per heavy atom. The summed E-state index contributed by atoms with van der Waals surface area (Å²) < 4.78 is 0. The Morgan fingerprint density at radius 3 is 2.61 bits per heavy atom. The summed E-state index contributed by atoms with van der Waals surface area (Å²) in [5.41, 5.74) is 1.98. The van der Waals surface area contributed by atoms with Gasteiger partial charge in [0, 0.05) is 23.1 Å². The molecule has 2 rings (SSSR count). The second-order valence-corrected chi connectivity index (χ2v) is 6.37. The minimum absolute atomic E-state index is 0.0329. The number of halogens is 2. The lowest BCUT2D eigenvalue weighted by Crippen LogP contribution is -2.42. The van der Waals surface area contributed by atoms with Crippen LogP contribution in [0.2, 0.25) is 10.0 Å². The van der Waals surface area contributed by atoms with Crippen molar-refractivity contribution >= 4 is 29.1 Å². The van der Waals surface area contributed by atoms with Gasteiger partial charge in [0.25, 0.3) is 0 Å². The summed E-state index contributed by atoms with van der Waals surface area (Å²) in [6.07, 6.45) is 0. The third kappa shape index (κ3) is 5.24. The van der Waals surface area contributed by atoms with Gasteiger partial charge in [0.15, 0.2) is 0 Å². The number of benzene rings is 2. The molecule has 0 radical (unpaired) electrons. The molecule has 0 fully saturated rings. The highest BCUT2D eigenvalue weighted by Gasteiger charge is 2.18. The average molecular weight is 351 g/mol. The SMILES string of the molecule is CC(C(=O)NCc1ccccc1Cl)N(C)Cc1cccc(Cl)c1. The van der Waals surface area contributed by atoms with Crippen molar-refractivity contribution in [3.63, 3.8) is 0 Å². The topological polar surface area (TPSA) is 32.3 Å². The third-order valence-electron chi connectivity index (χ3n) is 3.77. The molecule has 0 aromatic heterocycles. The van der Waals surface area contributed by atoms with Crippen LogP contribution in [0.3, 0.4) is 0 Å². The summed E-state index contributed by atoms with van der Waals surface area (Å²) in [4.78, 5) is 14.3. The van der Waals surface area contributed by atoms with Crippen LogP contribution in [-0.4, -0.2) is 23.9 Å². The monoisotopic (exact) mass is 350 g/mol. The van der Waals surface area contributed by atoms with E-state index in [4.69, 9.17) is 23.2 Å². The van der Waals surface area contributed by atoms with E-state index in [0.717, 1.165) is 11.1 Å². The minimum atomic E-state index is -0.253. The predicted molar refractivity (Wildman–Crippen MR) is 95.7 cm³/mol. The van der Waals surface area contributed by atoms with E-state index in [1.165, 1.54) is 0 Å². The average Bonchev–Trinajstić information content (AvgIpc) is 2.53. The molecule has 0 aliphatic carbocycles. The van der Waals surface area contributed by atoms with Gasteiger partial charge in [-0.05, 0) is 43.3 Å². The maximum atomic E-state index is 12.3. The Hall–Kier alpha value is -1.55. The molecular formula is C18H20Cl2N2O. The molecular weight excluding hydrogens is 331 g/mol. The molecule has 0 spiro atoms. The Kier molecular flexibility index (Phi) is 6.46. The number of amides is 1. The van der Waals surface area contributed by atoms with E-state index in [9.17, 15) is 4.79 Å². The van der Waals surface area contributed by atoms with Crippen molar-refractivity contribution < 1.29 is 4.79 Å². The van der Waals surface area contributed by atoms with E-state index in [0.29, 0.717) is 23.1 Å². The zero-order chi connectivity index (χ0) is 16.8. The summed E-state index contributed by atoms with van der Waals surface area (Å²) >= 11 is 12.1. The fourth-order valence-electron chi connectivity index (χ4n) is 2.23. The lowest BCUT2D eigenvalue weighted by molar-refractivity contribution is -0.125. The first-order valence-corrected chi connectivity index (χ1v) is 8.19. The number of rotatable bonds is 6. The van der Waals surface area contributed by atoms with Crippen LogP contribution < -0.4 is 5.32 Å². The zero-order valence-electron chi connectivity index (χ0n) is 13.2. The first kappa shape index (κ1) is 17.8. The van der Waals surface area contributed by atoms with Gasteiger partial charge in [-0.1, -0.05) is 53.5 Å². The molecule has 0 aliphatic rings. The minimum Gasteiger partial charge on any atom is -0.351 e. The van der Waals surface area contributed by atoms with E-state index >= 15 is 0 Å². The molecule has 1 N–H and O–H groups in total. The summed E-state index contributed by atoms with van der Waals surface area (Å²) in [5.74, 6) is -0.0329. The smallest absolute Gasteiger partial charge is 0.237 e. The Balaban J connectivity index is 1.90. The standard InChI is InChI=1S/C18H20Cl2N2O/c1-13(22(2)12-14-6-5-8-16(19)10-14)18(23)21-11-15-7-3-4-9-17(15)20/h3-10,13H,11-12H2,1-2H3,(H,21,23). The molecule has 0 aliphatic heterocycles. The molecule has 0 heterocycles. The molecule has 3 nitrogen and oxygen atoms in total. The van der Waals surface area contributed by atoms with Gasteiger partial charge in [-0.25, -0.2) is 0 Å². The van der Waals surface area contributed by atoms with Gasteiger partial charge in [0.2, 0.25) is 5.91 Å². The maximum Gasteiger partial charge on any atom is 0.237 e. The number of carbonyl (C=O) groups excluding carboxylic acids is 1. The fourth-order valence-corrected chi connectivity index (χ4v) is 2.65. The quantitative estimate of drug-likeness (QED) is 0.849. The van der Waals surface area contributed by atoms with Crippen LogP contribution in [0.15, 0.2) is 48.5 Å². The molecule has 0 saturated carbocycles. The van der Waals surface area contributed by atoms with E-state index in [1.54, 1.807) is 0 Å². The molecule has 1 amide bonds. The lowest BCUT2D eigenvalue weighted by atomic mass is 10.1. The molecule has 1 atom stereocenters. The van der Waals surface area contributed by atoms with Crippen LogP contribution in [0, 0.1) is 0 Å². The van der Waals surface area contributed by atoms with Gasteiger partial charge in [0.05, 0.1) is 6.04 Å². The number of nitrogens with one attached hydrogen (secondary N) is 1. The van der Waals surface area contributed by atoms with E-state index in [-0.39, 0.29) is 11.9 Å². The highest BCUT2D eigenvalue weighted by atomic mass is 35.5. The molecule has 0 saturated heterocycles. The van der Waals surface area contributed by atoms with Crippen molar-refractivity contribution in [1.82, 2.24) is 10.2 Å². The number of nitrogens with zero attached hydrogens (tertiary/aromatic N) is 1. The predicted octanol–water partition coefficient (Wildman–Crippen LogP) is 4.13. The first-order chi connectivity index (χ1) is 11.0. The molecule has 122 valence electrons.